The fourth-order valence-electron chi connectivity index (χ4n) is 3.76. The van der Waals surface area contributed by atoms with Gasteiger partial charge in [-0.1, -0.05) is 24.3 Å². The van der Waals surface area contributed by atoms with E-state index in [4.69, 9.17) is 21.1 Å². The Morgan fingerprint density at radius 3 is 1.81 bits per heavy atom. The van der Waals surface area contributed by atoms with Gasteiger partial charge in [-0.15, -0.1) is 0 Å². The number of aromatic nitrogens is 2. The number of ether oxygens (including phenoxy) is 2. The lowest BCUT2D eigenvalue weighted by Crippen LogP contribution is -2.37. The van der Waals surface area contributed by atoms with Crippen molar-refractivity contribution in [3.63, 3.8) is 0 Å². The number of imidazole rings is 1. The quantitative estimate of drug-likeness (QED) is 0.495. The molecule has 9 heteroatoms. The van der Waals surface area contributed by atoms with Crippen LogP contribution in [0.3, 0.4) is 0 Å². The number of fused-ring (bicyclic) bond motifs is 1. The summed E-state index contributed by atoms with van der Waals surface area (Å²) in [5.41, 5.74) is 0.360. The van der Waals surface area contributed by atoms with Gasteiger partial charge in [0, 0.05) is 20.9 Å². The molecule has 1 aliphatic heterocycles. The molecule has 2 heterocycles. The number of halogens is 1. The Hall–Kier alpha value is -3.65. The first kappa shape index (κ1) is 20.6. The summed E-state index contributed by atoms with van der Waals surface area (Å²) in [4.78, 5) is 40.4. The van der Waals surface area contributed by atoms with Gasteiger partial charge in [-0.25, -0.2) is 4.98 Å². The number of rotatable bonds is 4. The standard InChI is InChI=1S/C22H18ClN3O5/c1-12(27)30-16-8-4-14(5-9-16)22(15-6-10-17(11-7-15)31-13(2)28)18-19(25-20(22)29)26(3)21(23)24-18/h4-11H,1-3H3,(H,25,29). The summed E-state index contributed by atoms with van der Waals surface area (Å²) in [5, 5.41) is 3.10. The summed E-state index contributed by atoms with van der Waals surface area (Å²) in [6, 6.07) is 13.3. The SMILES string of the molecule is CC(=O)Oc1ccc(C2(c3ccc(OC(C)=O)cc3)C(=O)Nc3c2nc(Cl)n3C)cc1. The van der Waals surface area contributed by atoms with Crippen LogP contribution in [0.15, 0.2) is 48.5 Å². The number of carbonyl (C=O) groups excluding carboxylic acids is 3. The molecule has 158 valence electrons. The first-order valence-corrected chi connectivity index (χ1v) is 9.73. The topological polar surface area (TPSA) is 99.5 Å². The number of nitrogens with one attached hydrogen (secondary N) is 1. The van der Waals surface area contributed by atoms with E-state index in [1.165, 1.54) is 13.8 Å². The van der Waals surface area contributed by atoms with E-state index in [2.05, 4.69) is 10.3 Å². The fraction of sp³-hybridized carbons (Fsp3) is 0.182. The lowest BCUT2D eigenvalue weighted by atomic mass is 9.72. The fourth-order valence-corrected chi connectivity index (χ4v) is 3.93. The highest BCUT2D eigenvalue weighted by atomic mass is 35.5. The van der Waals surface area contributed by atoms with Crippen molar-refractivity contribution in [2.75, 3.05) is 5.32 Å². The van der Waals surface area contributed by atoms with Crippen molar-refractivity contribution in [1.29, 1.82) is 0 Å². The number of hydrogen-bond acceptors (Lipinski definition) is 6. The van der Waals surface area contributed by atoms with E-state index in [9.17, 15) is 14.4 Å². The van der Waals surface area contributed by atoms with Gasteiger partial charge in [0.15, 0.2) is 0 Å². The summed E-state index contributed by atoms with van der Waals surface area (Å²) < 4.78 is 11.8. The predicted molar refractivity (Wildman–Crippen MR) is 112 cm³/mol. The molecule has 0 aliphatic carbocycles. The van der Waals surface area contributed by atoms with E-state index in [0.29, 0.717) is 34.1 Å². The zero-order valence-electron chi connectivity index (χ0n) is 16.9. The van der Waals surface area contributed by atoms with Gasteiger partial charge >= 0.3 is 11.9 Å². The molecule has 1 N–H and O–H groups in total. The van der Waals surface area contributed by atoms with Crippen LogP contribution >= 0.6 is 11.6 Å². The Kier molecular flexibility index (Phi) is 5.02. The van der Waals surface area contributed by atoms with Gasteiger partial charge in [0.1, 0.15) is 28.4 Å². The highest BCUT2D eigenvalue weighted by Gasteiger charge is 2.53. The molecule has 0 atom stereocenters. The zero-order valence-corrected chi connectivity index (χ0v) is 17.7. The molecular formula is C22H18ClN3O5. The molecule has 0 radical (unpaired) electrons. The van der Waals surface area contributed by atoms with Gasteiger partial charge in [-0.3, -0.25) is 14.4 Å². The van der Waals surface area contributed by atoms with Crippen LogP contribution in [0.1, 0.15) is 30.7 Å². The van der Waals surface area contributed by atoms with Gasteiger partial charge < -0.3 is 19.4 Å². The minimum absolute atomic E-state index is 0.224. The largest absolute Gasteiger partial charge is 0.427 e. The van der Waals surface area contributed by atoms with E-state index in [0.717, 1.165) is 0 Å². The predicted octanol–water partition coefficient (Wildman–Crippen LogP) is 3.21. The number of carbonyl (C=O) groups is 3. The summed E-state index contributed by atoms with van der Waals surface area (Å²) in [6.45, 7) is 2.62. The summed E-state index contributed by atoms with van der Waals surface area (Å²) >= 11 is 6.25. The van der Waals surface area contributed by atoms with Crippen LogP contribution in [0.25, 0.3) is 0 Å². The number of esters is 2. The third-order valence-corrected chi connectivity index (χ3v) is 5.40. The molecule has 0 saturated carbocycles. The number of hydrogen-bond donors (Lipinski definition) is 1. The van der Waals surface area contributed by atoms with E-state index < -0.39 is 17.4 Å². The van der Waals surface area contributed by atoms with Crippen LogP contribution in [0, 0.1) is 0 Å². The van der Waals surface area contributed by atoms with E-state index in [-0.39, 0.29) is 11.2 Å². The lowest BCUT2D eigenvalue weighted by molar-refractivity contribution is -0.132. The highest BCUT2D eigenvalue weighted by molar-refractivity contribution is 6.29. The van der Waals surface area contributed by atoms with Crippen LogP contribution < -0.4 is 14.8 Å². The minimum Gasteiger partial charge on any atom is -0.427 e. The van der Waals surface area contributed by atoms with Crippen molar-refractivity contribution in [3.8, 4) is 11.5 Å². The van der Waals surface area contributed by atoms with E-state index >= 15 is 0 Å². The maximum atomic E-state index is 13.4. The van der Waals surface area contributed by atoms with Crippen LogP contribution in [0.4, 0.5) is 5.82 Å². The molecule has 1 amide bonds. The lowest BCUT2D eigenvalue weighted by Gasteiger charge is -2.27. The number of anilines is 1. The van der Waals surface area contributed by atoms with Crippen molar-refractivity contribution in [2.45, 2.75) is 19.3 Å². The van der Waals surface area contributed by atoms with Gasteiger partial charge in [0.2, 0.25) is 11.2 Å². The third kappa shape index (κ3) is 3.34. The van der Waals surface area contributed by atoms with Crippen molar-refractivity contribution < 1.29 is 23.9 Å². The van der Waals surface area contributed by atoms with Crippen LogP contribution in [-0.2, 0) is 26.8 Å². The summed E-state index contributed by atoms with van der Waals surface area (Å²) in [7, 11) is 1.71. The Bertz CT molecular complexity index is 1140. The van der Waals surface area contributed by atoms with E-state index in [1.54, 1.807) is 60.1 Å². The second kappa shape index (κ2) is 7.55. The molecule has 8 nitrogen and oxygen atoms in total. The average Bonchev–Trinajstić information content (AvgIpc) is 3.15. The molecule has 0 saturated heterocycles. The van der Waals surface area contributed by atoms with Gasteiger partial charge in [-0.05, 0) is 47.0 Å². The molecule has 0 bridgehead atoms. The minimum atomic E-state index is -1.30. The van der Waals surface area contributed by atoms with Crippen molar-refractivity contribution in [3.05, 3.63) is 70.6 Å². The van der Waals surface area contributed by atoms with E-state index in [1.807, 2.05) is 0 Å². The van der Waals surface area contributed by atoms with Crippen molar-refractivity contribution in [1.82, 2.24) is 9.55 Å². The molecule has 0 spiro atoms. The molecule has 0 unspecified atom stereocenters. The second-order valence-electron chi connectivity index (χ2n) is 7.08. The Balaban J connectivity index is 1.90. The molecule has 0 fully saturated rings. The first-order valence-electron chi connectivity index (χ1n) is 9.35. The highest BCUT2D eigenvalue weighted by Crippen LogP contribution is 2.48. The Morgan fingerprint density at radius 2 is 1.39 bits per heavy atom. The smallest absolute Gasteiger partial charge is 0.308 e. The van der Waals surface area contributed by atoms with Crippen molar-refractivity contribution >= 4 is 35.3 Å². The van der Waals surface area contributed by atoms with Crippen molar-refractivity contribution in [2.24, 2.45) is 7.05 Å². The molecule has 3 aromatic rings. The number of benzene rings is 2. The normalized spacial score (nSPS) is 14.0. The molecule has 4 rings (SSSR count). The van der Waals surface area contributed by atoms with Crippen LogP contribution in [0.2, 0.25) is 5.28 Å². The number of amides is 1. The zero-order chi connectivity index (χ0) is 22.3. The second-order valence-corrected chi connectivity index (χ2v) is 7.42. The van der Waals surface area contributed by atoms with Gasteiger partial charge in [0.05, 0.1) is 0 Å². The monoisotopic (exact) mass is 439 g/mol. The molecule has 31 heavy (non-hydrogen) atoms. The molecule has 1 aromatic heterocycles. The summed E-state index contributed by atoms with van der Waals surface area (Å²) in [5.74, 6) is 0.00583. The maximum Gasteiger partial charge on any atom is 0.308 e. The average molecular weight is 440 g/mol. The Labute approximate surface area is 182 Å². The maximum absolute atomic E-state index is 13.4. The first-order chi connectivity index (χ1) is 14.7. The molecule has 1 aliphatic rings. The number of nitrogens with zero attached hydrogens (tertiary/aromatic N) is 2. The van der Waals surface area contributed by atoms with Gasteiger partial charge in [0.25, 0.3) is 0 Å². The third-order valence-electron chi connectivity index (χ3n) is 5.07. The van der Waals surface area contributed by atoms with Gasteiger partial charge in [-0.2, -0.15) is 0 Å². The Morgan fingerprint density at radius 1 is 0.935 bits per heavy atom. The van der Waals surface area contributed by atoms with Crippen LogP contribution in [-0.4, -0.2) is 27.4 Å². The molecular weight excluding hydrogens is 422 g/mol. The van der Waals surface area contributed by atoms with Crippen LogP contribution in [0.5, 0.6) is 11.5 Å². The summed E-state index contributed by atoms with van der Waals surface area (Å²) in [6.07, 6.45) is 0. The molecule has 2 aromatic carbocycles.